The summed E-state index contributed by atoms with van der Waals surface area (Å²) < 4.78 is 4.64. The van der Waals surface area contributed by atoms with Crippen molar-refractivity contribution in [2.24, 2.45) is 0 Å². The predicted octanol–water partition coefficient (Wildman–Crippen LogP) is -0.936. The Morgan fingerprint density at radius 3 is 2.45 bits per heavy atom. The second-order valence-corrected chi connectivity index (χ2v) is 7.99. The molecule has 3 saturated heterocycles. The molecule has 3 heterocycles. The van der Waals surface area contributed by atoms with Gasteiger partial charge in [0.25, 0.3) is 11.8 Å². The molecular weight excluding hydrogens is 647 g/mol. The molecule has 3 aliphatic heterocycles. The summed E-state index contributed by atoms with van der Waals surface area (Å²) in [5.74, 6) is -2.57. The zero-order valence-electron chi connectivity index (χ0n) is 17.8. The molecule has 1 aromatic rings. The molecular formula is C21H24AcN4O7. The summed E-state index contributed by atoms with van der Waals surface area (Å²) in [6, 6.07) is 5.46. The van der Waals surface area contributed by atoms with E-state index < -0.39 is 48.1 Å². The molecule has 33 heavy (non-hydrogen) atoms. The van der Waals surface area contributed by atoms with E-state index in [2.05, 4.69) is 15.4 Å². The van der Waals surface area contributed by atoms with E-state index >= 15 is 0 Å². The number of carbonyl (C=O) groups is 5. The van der Waals surface area contributed by atoms with Crippen LogP contribution in [0.3, 0.4) is 0 Å². The molecule has 0 spiro atoms. The monoisotopic (exact) mass is 671 g/mol. The molecule has 4 unspecified atom stereocenters. The van der Waals surface area contributed by atoms with Gasteiger partial charge in [-0.3, -0.25) is 29.0 Å². The zero-order chi connectivity index (χ0) is 22.8. The van der Waals surface area contributed by atoms with Gasteiger partial charge in [-0.15, -0.1) is 0 Å². The smallest absolute Gasteiger partial charge is 0.310 e. The SMILES string of the molecule is O=C1CC(NC(=O)C2CCCN3C(=O)CCC(NC(=O)c4ccccc4)C(=O)N23)C(O)O1.[Ac]. The fourth-order valence-electron chi connectivity index (χ4n) is 4.18. The number of rotatable bonds is 4. The van der Waals surface area contributed by atoms with Crippen molar-refractivity contribution in [1.29, 1.82) is 0 Å². The van der Waals surface area contributed by atoms with E-state index in [9.17, 15) is 29.1 Å². The molecule has 3 fully saturated rings. The Morgan fingerprint density at radius 2 is 1.79 bits per heavy atom. The van der Waals surface area contributed by atoms with Gasteiger partial charge in [0.05, 0.1) is 6.42 Å². The van der Waals surface area contributed by atoms with E-state index in [0.717, 1.165) is 5.01 Å². The molecule has 4 rings (SSSR count). The van der Waals surface area contributed by atoms with Crippen molar-refractivity contribution >= 4 is 29.6 Å². The minimum absolute atomic E-state index is 0. The topological polar surface area (TPSA) is 145 Å². The average molecular weight is 671 g/mol. The Hall–Kier alpha value is -2.03. The number of hydrogen-bond acceptors (Lipinski definition) is 7. The van der Waals surface area contributed by atoms with Crippen LogP contribution in [0.25, 0.3) is 0 Å². The molecule has 1 aromatic carbocycles. The van der Waals surface area contributed by atoms with E-state index in [-0.39, 0.29) is 75.8 Å². The van der Waals surface area contributed by atoms with Crippen molar-refractivity contribution in [3.63, 3.8) is 0 Å². The summed E-state index contributed by atoms with van der Waals surface area (Å²) in [4.78, 5) is 63.0. The number of nitrogens with one attached hydrogen (secondary N) is 2. The number of cyclic esters (lactones) is 1. The first kappa shape index (κ1) is 25.6. The number of esters is 1. The zero-order valence-corrected chi connectivity index (χ0v) is 22.6. The molecule has 173 valence electrons. The van der Waals surface area contributed by atoms with Crippen molar-refractivity contribution in [3.05, 3.63) is 35.9 Å². The van der Waals surface area contributed by atoms with Crippen LogP contribution in [0.4, 0.5) is 0 Å². The van der Waals surface area contributed by atoms with Crippen LogP contribution < -0.4 is 10.6 Å². The molecule has 1 radical (unpaired) electrons. The van der Waals surface area contributed by atoms with Gasteiger partial charge in [0.15, 0.2) is 0 Å². The third-order valence-corrected chi connectivity index (χ3v) is 5.82. The molecule has 0 bridgehead atoms. The van der Waals surface area contributed by atoms with Crippen LogP contribution in [-0.2, 0) is 23.9 Å². The van der Waals surface area contributed by atoms with Gasteiger partial charge in [0.2, 0.25) is 18.1 Å². The van der Waals surface area contributed by atoms with Crippen molar-refractivity contribution in [1.82, 2.24) is 20.7 Å². The molecule has 4 amide bonds. The number of amides is 4. The van der Waals surface area contributed by atoms with Crippen molar-refractivity contribution < 1.29 is 77.9 Å². The molecule has 3 aliphatic rings. The maximum Gasteiger partial charge on any atom is 0.310 e. The summed E-state index contributed by atoms with van der Waals surface area (Å²) >= 11 is 0. The average Bonchev–Trinajstić information content (AvgIpc) is 3.05. The maximum atomic E-state index is 13.4. The summed E-state index contributed by atoms with van der Waals surface area (Å²) in [7, 11) is 0. The Morgan fingerprint density at radius 1 is 1.06 bits per heavy atom. The number of ether oxygens (including phenoxy) is 1. The fraction of sp³-hybridized carbons (Fsp3) is 0.476. The standard InChI is InChI=1S/C21H24N4O7.Ac/c26-16-9-8-13(22-18(28)12-5-2-1-3-6-12)20(30)25-15(7-4-10-24(16)25)19(29)23-14-11-17(27)32-21(14)31;/h1-3,5-6,13-15,21,31H,4,7-11H2,(H,22,28)(H,23,29);. The van der Waals surface area contributed by atoms with Gasteiger partial charge in [0.1, 0.15) is 18.1 Å². The molecule has 0 aromatic heterocycles. The van der Waals surface area contributed by atoms with Gasteiger partial charge in [-0.25, -0.2) is 5.01 Å². The van der Waals surface area contributed by atoms with E-state index in [4.69, 9.17) is 0 Å². The van der Waals surface area contributed by atoms with Gasteiger partial charge < -0.3 is 20.5 Å². The normalized spacial score (nSPS) is 27.1. The van der Waals surface area contributed by atoms with Gasteiger partial charge in [-0.2, -0.15) is 0 Å². The van der Waals surface area contributed by atoms with Crippen LogP contribution in [0.2, 0.25) is 0 Å². The van der Waals surface area contributed by atoms with Crippen LogP contribution in [0.1, 0.15) is 42.5 Å². The van der Waals surface area contributed by atoms with Crippen LogP contribution in [0.15, 0.2) is 30.3 Å². The second kappa shape index (κ2) is 10.9. The van der Waals surface area contributed by atoms with Gasteiger partial charge >= 0.3 is 5.97 Å². The molecule has 0 saturated carbocycles. The number of fused-ring (bicyclic) bond motifs is 1. The van der Waals surface area contributed by atoms with E-state index in [1.165, 1.54) is 5.01 Å². The summed E-state index contributed by atoms with van der Waals surface area (Å²) in [6.45, 7) is 0.279. The van der Waals surface area contributed by atoms with Crippen molar-refractivity contribution in [2.45, 2.75) is 56.5 Å². The van der Waals surface area contributed by atoms with Crippen LogP contribution in [0.5, 0.6) is 0 Å². The summed E-state index contributed by atoms with van der Waals surface area (Å²) in [5, 5.41) is 17.4. The molecule has 11 nitrogen and oxygen atoms in total. The molecule has 0 aliphatic carbocycles. The van der Waals surface area contributed by atoms with E-state index in [0.29, 0.717) is 18.4 Å². The van der Waals surface area contributed by atoms with E-state index in [1.807, 2.05) is 0 Å². The van der Waals surface area contributed by atoms with Gasteiger partial charge in [-0.1, -0.05) is 18.2 Å². The van der Waals surface area contributed by atoms with Crippen LogP contribution in [-0.4, -0.2) is 75.7 Å². The quantitative estimate of drug-likeness (QED) is 0.351. The molecule has 3 N–H and O–H groups in total. The van der Waals surface area contributed by atoms with Gasteiger partial charge in [-0.05, 0) is 31.4 Å². The number of aliphatic hydroxyl groups excluding tert-OH is 1. The minimum Gasteiger partial charge on any atom is -0.434 e. The molecule has 4 atom stereocenters. The number of aliphatic hydroxyl groups is 1. The number of carbonyl (C=O) groups excluding carboxylic acids is 5. The maximum absolute atomic E-state index is 13.4. The number of benzene rings is 1. The van der Waals surface area contributed by atoms with Gasteiger partial charge in [0, 0.05) is 62.6 Å². The second-order valence-electron chi connectivity index (χ2n) is 7.99. The fourth-order valence-corrected chi connectivity index (χ4v) is 4.18. The summed E-state index contributed by atoms with van der Waals surface area (Å²) in [5.41, 5.74) is 0.376. The first-order valence-corrected chi connectivity index (χ1v) is 10.5. The summed E-state index contributed by atoms with van der Waals surface area (Å²) in [6.07, 6.45) is -0.714. The Bertz CT molecular complexity index is 944. The number of nitrogens with zero attached hydrogens (tertiary/aromatic N) is 2. The molecule has 12 heteroatoms. The first-order valence-electron chi connectivity index (χ1n) is 10.5. The predicted molar refractivity (Wildman–Crippen MR) is 107 cm³/mol. The number of hydrazine groups is 1. The van der Waals surface area contributed by atoms with Crippen molar-refractivity contribution in [2.75, 3.05) is 6.54 Å². The van der Waals surface area contributed by atoms with Crippen molar-refractivity contribution in [3.8, 4) is 0 Å². The minimum atomic E-state index is -1.47. The number of hydrogen-bond donors (Lipinski definition) is 3. The van der Waals surface area contributed by atoms with Crippen LogP contribution in [0, 0.1) is 44.1 Å². The Balaban J connectivity index is 0.00000306. The third-order valence-electron chi connectivity index (χ3n) is 5.82. The van der Waals surface area contributed by atoms with E-state index in [1.54, 1.807) is 30.3 Å². The third kappa shape index (κ3) is 5.56. The Labute approximate surface area is 225 Å². The Kier molecular flexibility index (Phi) is 8.48. The first-order chi connectivity index (χ1) is 15.3. The van der Waals surface area contributed by atoms with Crippen LogP contribution >= 0.6 is 0 Å². The largest absolute Gasteiger partial charge is 0.434 e.